The fourth-order valence-corrected chi connectivity index (χ4v) is 2.41. The van der Waals surface area contributed by atoms with Crippen molar-refractivity contribution in [2.24, 2.45) is 0 Å². The van der Waals surface area contributed by atoms with Crippen LogP contribution in [0.25, 0.3) is 11.1 Å². The fourth-order valence-electron chi connectivity index (χ4n) is 2.41. The van der Waals surface area contributed by atoms with Crippen LogP contribution in [0, 0.1) is 0 Å². The van der Waals surface area contributed by atoms with Crippen molar-refractivity contribution in [3.63, 3.8) is 0 Å². The molecule has 3 rings (SSSR count). The number of phenols is 1. The van der Waals surface area contributed by atoms with Crippen molar-refractivity contribution in [1.29, 1.82) is 0 Å². The molecule has 0 saturated heterocycles. The van der Waals surface area contributed by atoms with Crippen LogP contribution in [0.4, 0.5) is 0 Å². The summed E-state index contributed by atoms with van der Waals surface area (Å²) < 4.78 is 5.42. The van der Waals surface area contributed by atoms with E-state index in [2.05, 4.69) is 0 Å². The summed E-state index contributed by atoms with van der Waals surface area (Å²) in [7, 11) is 0. The summed E-state index contributed by atoms with van der Waals surface area (Å²) in [6, 6.07) is 19.3. The van der Waals surface area contributed by atoms with Gasteiger partial charge < -0.3 is 14.9 Å². The lowest BCUT2D eigenvalue weighted by Crippen LogP contribution is -2.12. The molecule has 0 spiro atoms. The van der Waals surface area contributed by atoms with Crippen LogP contribution >= 0.6 is 0 Å². The molecule has 0 aliphatic carbocycles. The van der Waals surface area contributed by atoms with E-state index >= 15 is 0 Å². The number of carbonyl (C=O) groups excluding carboxylic acids is 1. The molecule has 2 N–H and O–H groups in total. The van der Waals surface area contributed by atoms with E-state index in [1.165, 1.54) is 30.3 Å². The number of hydrogen-bond acceptors (Lipinski definition) is 4. The minimum atomic E-state index is -1.19. The van der Waals surface area contributed by atoms with Crippen LogP contribution < -0.4 is 4.74 Å². The third-order valence-electron chi connectivity index (χ3n) is 3.63. The molecule has 5 nitrogen and oxygen atoms in total. The average molecular weight is 334 g/mol. The van der Waals surface area contributed by atoms with Crippen molar-refractivity contribution in [3.8, 4) is 22.6 Å². The largest absolute Gasteiger partial charge is 0.508 e. The molecule has 124 valence electrons. The SMILES string of the molecule is O=C(Oc1c(C(=O)O)cccc1-c1ccccc1)c1ccc(O)cc1. The topological polar surface area (TPSA) is 83.8 Å². The van der Waals surface area contributed by atoms with Gasteiger partial charge in [0.2, 0.25) is 0 Å². The van der Waals surface area contributed by atoms with Gasteiger partial charge in [0, 0.05) is 5.56 Å². The van der Waals surface area contributed by atoms with E-state index < -0.39 is 11.9 Å². The first-order valence-electron chi connectivity index (χ1n) is 7.49. The highest BCUT2D eigenvalue weighted by molar-refractivity contribution is 5.98. The number of ether oxygens (including phenoxy) is 1. The Hall–Kier alpha value is -3.60. The van der Waals surface area contributed by atoms with E-state index in [1.54, 1.807) is 24.3 Å². The van der Waals surface area contributed by atoms with E-state index in [0.29, 0.717) is 5.56 Å². The van der Waals surface area contributed by atoms with Gasteiger partial charge in [0.25, 0.3) is 0 Å². The maximum absolute atomic E-state index is 12.4. The molecular formula is C20H14O5. The number of rotatable bonds is 4. The lowest BCUT2D eigenvalue weighted by Gasteiger charge is -2.13. The molecule has 3 aromatic rings. The number of hydrogen-bond donors (Lipinski definition) is 2. The van der Waals surface area contributed by atoms with Gasteiger partial charge in [0.05, 0.1) is 5.56 Å². The first kappa shape index (κ1) is 16.3. The van der Waals surface area contributed by atoms with E-state index in [-0.39, 0.29) is 22.6 Å². The molecule has 3 aromatic carbocycles. The minimum Gasteiger partial charge on any atom is -0.508 e. The zero-order chi connectivity index (χ0) is 17.8. The fraction of sp³-hybridized carbons (Fsp3) is 0. The van der Waals surface area contributed by atoms with Gasteiger partial charge in [-0.25, -0.2) is 9.59 Å². The molecule has 0 heterocycles. The second-order valence-electron chi connectivity index (χ2n) is 5.29. The molecule has 0 aromatic heterocycles. The lowest BCUT2D eigenvalue weighted by atomic mass is 10.0. The number of carboxylic acids is 1. The van der Waals surface area contributed by atoms with E-state index in [1.807, 2.05) is 18.2 Å². The summed E-state index contributed by atoms with van der Waals surface area (Å²) in [4.78, 5) is 23.9. The van der Waals surface area contributed by atoms with Crippen LogP contribution in [0.5, 0.6) is 11.5 Å². The molecule has 0 saturated carbocycles. The summed E-state index contributed by atoms with van der Waals surface area (Å²) in [5.41, 5.74) is 1.34. The van der Waals surface area contributed by atoms with Gasteiger partial charge in [-0.05, 0) is 35.9 Å². The van der Waals surface area contributed by atoms with Gasteiger partial charge in [-0.2, -0.15) is 0 Å². The van der Waals surface area contributed by atoms with Crippen molar-refractivity contribution in [2.45, 2.75) is 0 Å². The van der Waals surface area contributed by atoms with Crippen molar-refractivity contribution >= 4 is 11.9 Å². The quantitative estimate of drug-likeness (QED) is 0.557. The predicted molar refractivity (Wildman–Crippen MR) is 91.9 cm³/mol. The predicted octanol–water partition coefficient (Wildman–Crippen LogP) is 3.98. The summed E-state index contributed by atoms with van der Waals surface area (Å²) >= 11 is 0. The number of aromatic hydroxyl groups is 1. The van der Waals surface area contributed by atoms with E-state index in [4.69, 9.17) is 4.74 Å². The zero-order valence-electron chi connectivity index (χ0n) is 13.0. The van der Waals surface area contributed by atoms with Gasteiger partial charge in [0.15, 0.2) is 5.75 Å². The van der Waals surface area contributed by atoms with Gasteiger partial charge >= 0.3 is 11.9 Å². The van der Waals surface area contributed by atoms with Crippen LogP contribution in [-0.4, -0.2) is 22.2 Å². The first-order chi connectivity index (χ1) is 12.1. The molecule has 5 heteroatoms. The molecule has 0 aliphatic rings. The number of para-hydroxylation sites is 1. The van der Waals surface area contributed by atoms with Gasteiger partial charge in [-0.1, -0.05) is 42.5 Å². The molecule has 0 fully saturated rings. The highest BCUT2D eigenvalue weighted by Gasteiger charge is 2.20. The third kappa shape index (κ3) is 3.50. The number of aromatic carboxylic acids is 1. The van der Waals surface area contributed by atoms with E-state index in [0.717, 1.165) is 5.56 Å². The number of esters is 1. The van der Waals surface area contributed by atoms with Crippen molar-refractivity contribution in [1.82, 2.24) is 0 Å². The van der Waals surface area contributed by atoms with Crippen LogP contribution in [0.2, 0.25) is 0 Å². The van der Waals surface area contributed by atoms with E-state index in [9.17, 15) is 19.8 Å². The molecule has 25 heavy (non-hydrogen) atoms. The normalized spacial score (nSPS) is 10.2. The highest BCUT2D eigenvalue weighted by Crippen LogP contribution is 2.34. The van der Waals surface area contributed by atoms with Crippen LogP contribution in [0.3, 0.4) is 0 Å². The molecule has 0 atom stereocenters. The Kier molecular flexibility index (Phi) is 4.48. The second kappa shape index (κ2) is 6.88. The number of carbonyl (C=O) groups is 2. The van der Waals surface area contributed by atoms with Crippen LogP contribution in [0.1, 0.15) is 20.7 Å². The number of carboxylic acid groups (broad SMARTS) is 1. The Morgan fingerprint density at radius 1 is 0.800 bits per heavy atom. The maximum Gasteiger partial charge on any atom is 0.343 e. The monoisotopic (exact) mass is 334 g/mol. The first-order valence-corrected chi connectivity index (χ1v) is 7.49. The Labute approximate surface area is 143 Å². The highest BCUT2D eigenvalue weighted by atomic mass is 16.5. The zero-order valence-corrected chi connectivity index (χ0v) is 13.0. The Bertz CT molecular complexity index is 915. The summed E-state index contributed by atoms with van der Waals surface area (Å²) in [6.07, 6.45) is 0. The van der Waals surface area contributed by atoms with Crippen molar-refractivity contribution in [2.75, 3.05) is 0 Å². The smallest absolute Gasteiger partial charge is 0.343 e. The second-order valence-corrected chi connectivity index (χ2v) is 5.29. The number of phenolic OH excluding ortho intramolecular Hbond substituents is 1. The summed E-state index contributed by atoms with van der Waals surface area (Å²) in [5, 5.41) is 18.7. The molecule has 0 aliphatic heterocycles. The van der Waals surface area contributed by atoms with Crippen molar-refractivity contribution in [3.05, 3.63) is 83.9 Å². The number of benzene rings is 3. The van der Waals surface area contributed by atoms with Crippen molar-refractivity contribution < 1.29 is 24.5 Å². The Morgan fingerprint density at radius 2 is 1.48 bits per heavy atom. The third-order valence-corrected chi connectivity index (χ3v) is 3.63. The lowest BCUT2D eigenvalue weighted by molar-refractivity contribution is 0.0682. The molecular weight excluding hydrogens is 320 g/mol. The van der Waals surface area contributed by atoms with Gasteiger partial charge in [0.1, 0.15) is 11.3 Å². The maximum atomic E-state index is 12.4. The molecule has 0 amide bonds. The van der Waals surface area contributed by atoms with Gasteiger partial charge in [-0.3, -0.25) is 0 Å². The average Bonchev–Trinajstić information content (AvgIpc) is 2.63. The Morgan fingerprint density at radius 3 is 2.12 bits per heavy atom. The minimum absolute atomic E-state index is 0.0146. The molecule has 0 bridgehead atoms. The summed E-state index contributed by atoms with van der Waals surface area (Å²) in [5.74, 6) is -1.89. The molecule has 0 unspecified atom stereocenters. The standard InChI is InChI=1S/C20H14O5/c21-15-11-9-14(10-12-15)20(24)25-18-16(13-5-2-1-3-6-13)7-4-8-17(18)19(22)23/h1-12,21H,(H,22,23). The van der Waals surface area contributed by atoms with Crippen LogP contribution in [0.15, 0.2) is 72.8 Å². The molecule has 0 radical (unpaired) electrons. The Balaban J connectivity index is 2.05. The van der Waals surface area contributed by atoms with Gasteiger partial charge in [-0.15, -0.1) is 0 Å². The summed E-state index contributed by atoms with van der Waals surface area (Å²) in [6.45, 7) is 0. The van der Waals surface area contributed by atoms with Crippen LogP contribution in [-0.2, 0) is 0 Å².